The number of rotatable bonds is 8. The molecule has 4 nitrogen and oxygen atoms in total. The van der Waals surface area contributed by atoms with Gasteiger partial charge in [-0.2, -0.15) is 0 Å². The Bertz CT molecular complexity index is 3910. The van der Waals surface area contributed by atoms with Crippen LogP contribution in [0.5, 0.6) is 0 Å². The van der Waals surface area contributed by atoms with E-state index in [-0.39, 0.29) is 0 Å². The van der Waals surface area contributed by atoms with Gasteiger partial charge in [-0.25, -0.2) is 0 Å². The van der Waals surface area contributed by atoms with Crippen molar-refractivity contribution in [3.63, 3.8) is 0 Å². The van der Waals surface area contributed by atoms with Gasteiger partial charge in [-0.1, -0.05) is 109 Å². The quantitative estimate of drug-likeness (QED) is 0.151. The number of hydrogen-bond acceptors (Lipinski definition) is 4. The second kappa shape index (κ2) is 15.6. The van der Waals surface area contributed by atoms with Crippen molar-refractivity contribution in [3.8, 4) is 11.4 Å². The third kappa shape index (κ3) is 6.12. The van der Waals surface area contributed by atoms with Gasteiger partial charge in [0, 0.05) is 65.1 Å². The van der Waals surface area contributed by atoms with Crippen molar-refractivity contribution in [1.29, 1.82) is 0 Å². The maximum absolute atomic E-state index is 2.51. The molecule has 0 bridgehead atoms. The maximum Gasteiger partial charge on any atom is 0.0804 e. The van der Waals surface area contributed by atoms with Crippen LogP contribution >= 0.6 is 22.7 Å². The van der Waals surface area contributed by atoms with Gasteiger partial charge in [0.05, 0.1) is 33.4 Å². The molecule has 68 heavy (non-hydrogen) atoms. The molecule has 0 saturated carbocycles. The zero-order chi connectivity index (χ0) is 44.7. The lowest BCUT2D eigenvalue weighted by Gasteiger charge is -2.27. The molecule has 0 spiro atoms. The van der Waals surface area contributed by atoms with E-state index < -0.39 is 0 Å². The molecular formula is C62H40N4S2. The zero-order valence-electron chi connectivity index (χ0n) is 36.7. The van der Waals surface area contributed by atoms with Crippen LogP contribution < -0.4 is 9.80 Å². The molecular weight excluding hydrogens is 865 g/mol. The summed E-state index contributed by atoms with van der Waals surface area (Å²) in [5.74, 6) is 0. The molecule has 320 valence electrons. The lowest BCUT2D eigenvalue weighted by atomic mass is 10.1. The van der Waals surface area contributed by atoms with Gasteiger partial charge in [0.15, 0.2) is 0 Å². The second-order valence-electron chi connectivity index (χ2n) is 17.4. The first kappa shape index (κ1) is 38.8. The fourth-order valence-electron chi connectivity index (χ4n) is 10.5. The smallest absolute Gasteiger partial charge is 0.0804 e. The second-order valence-corrected chi connectivity index (χ2v) is 19.3. The minimum Gasteiger partial charge on any atom is -0.310 e. The average Bonchev–Trinajstić information content (AvgIpc) is 4.20. The highest BCUT2D eigenvalue weighted by Crippen LogP contribution is 2.46. The van der Waals surface area contributed by atoms with Crippen LogP contribution in [-0.4, -0.2) is 9.13 Å². The van der Waals surface area contributed by atoms with E-state index >= 15 is 0 Å². The highest BCUT2D eigenvalue weighted by Gasteiger charge is 2.25. The Morgan fingerprint density at radius 2 is 0.676 bits per heavy atom. The van der Waals surface area contributed by atoms with Crippen molar-refractivity contribution in [2.75, 3.05) is 9.80 Å². The van der Waals surface area contributed by atoms with E-state index in [0.29, 0.717) is 0 Å². The SMILES string of the molecule is c1ccc(N(c2ccc(-n3c4cc5ccsc5cc4c4c3c3cc5sccc5cc3n4-c3ccc(N(c4ccccc4)c4cccc5ccccc45)cc3)cc2)c2cccc3ccccc23)cc1. The fraction of sp³-hybridized carbons (Fsp3) is 0. The van der Waals surface area contributed by atoms with Gasteiger partial charge < -0.3 is 18.9 Å². The third-order valence-electron chi connectivity index (χ3n) is 13.6. The Kier molecular flexibility index (Phi) is 8.90. The number of hydrogen-bond donors (Lipinski definition) is 0. The summed E-state index contributed by atoms with van der Waals surface area (Å²) >= 11 is 3.61. The van der Waals surface area contributed by atoms with Gasteiger partial charge in [-0.3, -0.25) is 0 Å². The van der Waals surface area contributed by atoms with Crippen molar-refractivity contribution in [2.24, 2.45) is 0 Å². The first-order valence-electron chi connectivity index (χ1n) is 23.0. The highest BCUT2D eigenvalue weighted by atomic mass is 32.1. The monoisotopic (exact) mass is 904 g/mol. The molecule has 14 rings (SSSR count). The van der Waals surface area contributed by atoms with E-state index in [1.165, 1.54) is 74.6 Å². The number of para-hydroxylation sites is 2. The van der Waals surface area contributed by atoms with Crippen LogP contribution in [0.3, 0.4) is 0 Å². The highest BCUT2D eigenvalue weighted by molar-refractivity contribution is 7.17. The lowest BCUT2D eigenvalue weighted by molar-refractivity contribution is 1.17. The number of nitrogens with zero attached hydrogens (tertiary/aromatic N) is 4. The predicted octanol–water partition coefficient (Wildman–Crippen LogP) is 18.4. The minimum absolute atomic E-state index is 1.10. The van der Waals surface area contributed by atoms with Crippen LogP contribution in [-0.2, 0) is 0 Å². The van der Waals surface area contributed by atoms with Gasteiger partial charge in [0.25, 0.3) is 0 Å². The molecule has 0 radical (unpaired) electrons. The van der Waals surface area contributed by atoms with E-state index in [9.17, 15) is 0 Å². The summed E-state index contributed by atoms with van der Waals surface area (Å²) in [6.45, 7) is 0. The van der Waals surface area contributed by atoms with Crippen molar-refractivity contribution in [2.45, 2.75) is 0 Å². The lowest BCUT2D eigenvalue weighted by Crippen LogP contribution is -2.10. The molecule has 0 atom stereocenters. The Labute approximate surface area is 400 Å². The molecule has 0 aliphatic carbocycles. The molecule has 0 saturated heterocycles. The molecule has 0 N–H and O–H groups in total. The van der Waals surface area contributed by atoms with Crippen LogP contribution in [0.2, 0.25) is 0 Å². The van der Waals surface area contributed by atoms with Crippen molar-refractivity contribution in [3.05, 3.63) is 241 Å². The summed E-state index contributed by atoms with van der Waals surface area (Å²) in [5.41, 5.74) is 13.7. The summed E-state index contributed by atoms with van der Waals surface area (Å²) in [6, 6.07) is 84.4. The van der Waals surface area contributed by atoms with Crippen LogP contribution in [0.25, 0.3) is 85.9 Å². The molecule has 4 heterocycles. The van der Waals surface area contributed by atoms with Crippen molar-refractivity contribution in [1.82, 2.24) is 9.13 Å². The summed E-state index contributed by atoms with van der Waals surface area (Å²) in [5, 5.41) is 14.2. The van der Waals surface area contributed by atoms with Crippen molar-refractivity contribution < 1.29 is 0 Å². The summed E-state index contributed by atoms with van der Waals surface area (Å²) in [7, 11) is 0. The van der Waals surface area contributed by atoms with E-state index in [4.69, 9.17) is 0 Å². The zero-order valence-corrected chi connectivity index (χ0v) is 38.3. The molecule has 10 aromatic carbocycles. The topological polar surface area (TPSA) is 16.3 Å². The molecule has 0 fully saturated rings. The number of fused-ring (bicyclic) bond motifs is 9. The van der Waals surface area contributed by atoms with Gasteiger partial charge in [-0.15, -0.1) is 22.7 Å². The van der Waals surface area contributed by atoms with E-state index in [0.717, 1.165) is 45.5 Å². The summed E-state index contributed by atoms with van der Waals surface area (Å²) < 4.78 is 7.59. The summed E-state index contributed by atoms with van der Waals surface area (Å²) in [6.07, 6.45) is 0. The van der Waals surface area contributed by atoms with Crippen molar-refractivity contribution >= 4 is 131 Å². The molecule has 0 aliphatic heterocycles. The molecule has 0 amide bonds. The van der Waals surface area contributed by atoms with Gasteiger partial charge >= 0.3 is 0 Å². The normalized spacial score (nSPS) is 11.8. The molecule has 0 unspecified atom stereocenters. The molecule has 4 aromatic heterocycles. The predicted molar refractivity (Wildman–Crippen MR) is 293 cm³/mol. The van der Waals surface area contributed by atoms with Gasteiger partial charge in [0.1, 0.15) is 0 Å². The first-order chi connectivity index (χ1) is 33.7. The Hall–Kier alpha value is -8.42. The Morgan fingerprint density at radius 1 is 0.294 bits per heavy atom. The minimum atomic E-state index is 1.10. The number of thiophene rings is 2. The van der Waals surface area contributed by atoms with Crippen LogP contribution in [0.15, 0.2) is 241 Å². The third-order valence-corrected chi connectivity index (χ3v) is 15.3. The first-order valence-corrected chi connectivity index (χ1v) is 24.7. The fourth-order valence-corrected chi connectivity index (χ4v) is 12.2. The number of aromatic nitrogens is 2. The Morgan fingerprint density at radius 3 is 1.12 bits per heavy atom. The van der Waals surface area contributed by atoms with E-state index in [1.54, 1.807) is 22.7 Å². The molecule has 14 aromatic rings. The molecule has 0 aliphatic rings. The number of benzene rings is 10. The van der Waals surface area contributed by atoms with E-state index in [2.05, 4.69) is 260 Å². The average molecular weight is 905 g/mol. The van der Waals surface area contributed by atoms with Crippen LogP contribution in [0.4, 0.5) is 34.1 Å². The molecule has 6 heteroatoms. The Balaban J connectivity index is 0.987. The standard InChI is InChI=1S/C62H40N4S2/c1-3-17-45(18-4-1)63(55-23-11-15-41-13-7-9-21-51(41)55)47-25-29-49(30-26-47)65-57-37-43-33-35-67-59(43)39-53(57)62-61(65)54-40-60-44(34-36-68-60)38-58(54)66(62)50-31-27-48(28-32-50)64(46-19-5-2-6-20-46)56-24-12-16-42-14-8-10-22-52(42)56/h1-40H. The number of anilines is 6. The largest absolute Gasteiger partial charge is 0.310 e. The van der Waals surface area contributed by atoms with Gasteiger partial charge in [-0.05, 0) is 154 Å². The van der Waals surface area contributed by atoms with Crippen LogP contribution in [0, 0.1) is 0 Å². The van der Waals surface area contributed by atoms with Gasteiger partial charge in [0.2, 0.25) is 0 Å². The summed E-state index contributed by atoms with van der Waals surface area (Å²) in [4.78, 5) is 4.76. The van der Waals surface area contributed by atoms with E-state index in [1.807, 2.05) is 0 Å². The van der Waals surface area contributed by atoms with Crippen LogP contribution in [0.1, 0.15) is 0 Å². The maximum atomic E-state index is 2.51.